The summed E-state index contributed by atoms with van der Waals surface area (Å²) in [6.07, 6.45) is 19.7. The highest BCUT2D eigenvalue weighted by Crippen LogP contribution is 2.26. The van der Waals surface area contributed by atoms with Crippen LogP contribution in [0.15, 0.2) is 12.1 Å². The molecule has 0 radical (unpaired) electrons. The van der Waals surface area contributed by atoms with Crippen molar-refractivity contribution < 1.29 is 9.90 Å². The minimum absolute atomic E-state index is 0.232. The number of carboxylic acid groups (broad SMARTS) is 1. The van der Waals surface area contributed by atoms with E-state index in [4.69, 9.17) is 5.73 Å². The van der Waals surface area contributed by atoms with Crippen LogP contribution in [-0.4, -0.2) is 11.1 Å². The molecule has 0 bridgehead atoms. The Labute approximate surface area is 179 Å². The molecular formula is C23H38INO2. The fraction of sp³-hybridized carbons (Fsp3) is 0.696. The monoisotopic (exact) mass is 487 g/mol. The number of rotatable bonds is 16. The van der Waals surface area contributed by atoms with Gasteiger partial charge in [-0.3, -0.25) is 0 Å². The molecular weight excluding hydrogens is 449 g/mol. The van der Waals surface area contributed by atoms with Crippen LogP contribution >= 0.6 is 22.6 Å². The Morgan fingerprint density at radius 1 is 0.852 bits per heavy atom. The molecule has 154 valence electrons. The van der Waals surface area contributed by atoms with Crippen molar-refractivity contribution in [1.29, 1.82) is 0 Å². The van der Waals surface area contributed by atoms with Gasteiger partial charge in [-0.1, -0.05) is 90.4 Å². The minimum Gasteiger partial charge on any atom is -0.478 e. The molecule has 3 nitrogen and oxygen atoms in total. The smallest absolute Gasteiger partial charge is 0.337 e. The fourth-order valence-corrected chi connectivity index (χ4v) is 4.32. The maximum absolute atomic E-state index is 11.2. The number of halogens is 1. The van der Waals surface area contributed by atoms with Crippen molar-refractivity contribution in [2.45, 2.75) is 103 Å². The van der Waals surface area contributed by atoms with Crippen LogP contribution in [0.4, 0.5) is 5.69 Å². The van der Waals surface area contributed by atoms with E-state index in [0.717, 1.165) is 22.0 Å². The second-order valence-corrected chi connectivity index (χ2v) is 8.80. The largest absolute Gasteiger partial charge is 0.478 e. The average Bonchev–Trinajstić information content (AvgIpc) is 2.64. The van der Waals surface area contributed by atoms with Gasteiger partial charge in [-0.15, -0.1) is 0 Å². The minimum atomic E-state index is -0.939. The molecule has 1 aromatic rings. The number of hydrogen-bond acceptors (Lipinski definition) is 2. The van der Waals surface area contributed by atoms with E-state index in [9.17, 15) is 9.90 Å². The van der Waals surface area contributed by atoms with Gasteiger partial charge in [0.05, 0.1) is 11.3 Å². The highest BCUT2D eigenvalue weighted by molar-refractivity contribution is 14.1. The van der Waals surface area contributed by atoms with Gasteiger partial charge < -0.3 is 10.8 Å². The second-order valence-electron chi connectivity index (χ2n) is 7.64. The van der Waals surface area contributed by atoms with Gasteiger partial charge in [-0.25, -0.2) is 4.79 Å². The predicted octanol–water partition coefficient (Wildman–Crippen LogP) is 7.60. The van der Waals surface area contributed by atoms with Gasteiger partial charge in [0.15, 0.2) is 0 Å². The molecule has 0 spiro atoms. The summed E-state index contributed by atoms with van der Waals surface area (Å²) >= 11 is 2.25. The lowest BCUT2D eigenvalue weighted by Gasteiger charge is -2.11. The number of nitrogen functional groups attached to an aromatic ring is 1. The fourth-order valence-electron chi connectivity index (χ4n) is 3.57. The molecule has 0 saturated heterocycles. The van der Waals surface area contributed by atoms with E-state index < -0.39 is 5.97 Å². The van der Waals surface area contributed by atoms with Crippen molar-refractivity contribution >= 4 is 34.2 Å². The van der Waals surface area contributed by atoms with Crippen molar-refractivity contribution in [3.63, 3.8) is 0 Å². The van der Waals surface area contributed by atoms with E-state index in [2.05, 4.69) is 29.5 Å². The molecule has 4 heteroatoms. The number of unbranched alkanes of at least 4 members (excludes halogenated alkanes) is 13. The molecule has 27 heavy (non-hydrogen) atoms. The topological polar surface area (TPSA) is 63.3 Å². The number of anilines is 1. The predicted molar refractivity (Wildman–Crippen MR) is 125 cm³/mol. The van der Waals surface area contributed by atoms with Crippen molar-refractivity contribution in [3.8, 4) is 0 Å². The molecule has 0 amide bonds. The van der Waals surface area contributed by atoms with Crippen molar-refractivity contribution in [2.24, 2.45) is 0 Å². The molecule has 1 rings (SSSR count). The number of nitrogens with two attached hydrogens (primary N) is 1. The Morgan fingerprint density at radius 3 is 1.74 bits per heavy atom. The summed E-state index contributed by atoms with van der Waals surface area (Å²) in [5.74, 6) is -0.939. The van der Waals surface area contributed by atoms with Crippen LogP contribution in [0.5, 0.6) is 0 Å². The Morgan fingerprint density at radius 2 is 1.30 bits per heavy atom. The van der Waals surface area contributed by atoms with E-state index in [0.29, 0.717) is 5.69 Å². The van der Waals surface area contributed by atoms with Crippen molar-refractivity contribution in [3.05, 3.63) is 26.8 Å². The molecule has 0 atom stereocenters. The van der Waals surface area contributed by atoms with Gasteiger partial charge in [0, 0.05) is 3.57 Å². The van der Waals surface area contributed by atoms with Gasteiger partial charge in [0.25, 0.3) is 0 Å². The van der Waals surface area contributed by atoms with Gasteiger partial charge in [0.2, 0.25) is 0 Å². The van der Waals surface area contributed by atoms with Crippen LogP contribution in [0.25, 0.3) is 0 Å². The third kappa shape index (κ3) is 10.4. The maximum Gasteiger partial charge on any atom is 0.337 e. The zero-order chi connectivity index (χ0) is 19.9. The number of carboxylic acids is 1. The highest BCUT2D eigenvalue weighted by atomic mass is 127. The van der Waals surface area contributed by atoms with Gasteiger partial charge >= 0.3 is 5.97 Å². The van der Waals surface area contributed by atoms with Crippen LogP contribution in [-0.2, 0) is 6.42 Å². The van der Waals surface area contributed by atoms with Crippen molar-refractivity contribution in [1.82, 2.24) is 0 Å². The summed E-state index contributed by atoms with van der Waals surface area (Å²) < 4.78 is 1.07. The van der Waals surface area contributed by atoms with E-state index >= 15 is 0 Å². The SMILES string of the molecule is CCCCCCCCCCCCCCCCc1c(I)ccc(C(=O)O)c1N. The van der Waals surface area contributed by atoms with Crippen LogP contribution in [0.1, 0.15) is 113 Å². The Kier molecular flexibility index (Phi) is 13.6. The Bertz CT molecular complexity index is 545. The second kappa shape index (κ2) is 15.2. The molecule has 0 unspecified atom stereocenters. The Balaban J connectivity index is 2.04. The molecule has 0 aliphatic rings. The molecule has 0 aliphatic heterocycles. The van der Waals surface area contributed by atoms with Crippen LogP contribution in [0, 0.1) is 3.57 Å². The summed E-state index contributed by atoms with van der Waals surface area (Å²) in [5, 5.41) is 9.19. The maximum atomic E-state index is 11.2. The molecule has 0 aliphatic carbocycles. The summed E-state index contributed by atoms with van der Waals surface area (Å²) in [6, 6.07) is 3.47. The third-order valence-corrected chi connectivity index (χ3v) is 6.32. The van der Waals surface area contributed by atoms with Crippen molar-refractivity contribution in [2.75, 3.05) is 5.73 Å². The summed E-state index contributed by atoms with van der Waals surface area (Å²) in [5.41, 5.74) is 7.74. The number of hydrogen-bond donors (Lipinski definition) is 2. The van der Waals surface area contributed by atoms with Gasteiger partial charge in [-0.05, 0) is 53.1 Å². The quantitative estimate of drug-likeness (QED) is 0.143. The number of benzene rings is 1. The lowest BCUT2D eigenvalue weighted by Crippen LogP contribution is -2.07. The molecule has 0 fully saturated rings. The zero-order valence-corrected chi connectivity index (χ0v) is 19.2. The first-order valence-corrected chi connectivity index (χ1v) is 12.0. The summed E-state index contributed by atoms with van der Waals surface area (Å²) in [7, 11) is 0. The zero-order valence-electron chi connectivity index (χ0n) is 17.1. The molecule has 0 saturated carbocycles. The normalized spacial score (nSPS) is 11.0. The molecule has 0 aromatic heterocycles. The lowest BCUT2D eigenvalue weighted by atomic mass is 10.0. The standard InChI is InChI=1S/C23H38INO2/c1-2-3-4-5-6-7-8-9-10-11-12-13-14-15-16-19-21(24)18-17-20(22(19)25)23(26)27/h17-18H,2-16,25H2,1H3,(H,26,27). The average molecular weight is 487 g/mol. The number of carbonyl (C=O) groups is 1. The van der Waals surface area contributed by atoms with Gasteiger partial charge in [0.1, 0.15) is 0 Å². The van der Waals surface area contributed by atoms with E-state index in [1.807, 2.05) is 6.07 Å². The molecule has 3 N–H and O–H groups in total. The summed E-state index contributed by atoms with van der Waals surface area (Å²) in [4.78, 5) is 11.2. The first kappa shape index (κ1) is 24.3. The van der Waals surface area contributed by atoms with Crippen LogP contribution in [0.2, 0.25) is 0 Å². The Hall–Kier alpha value is -0.780. The van der Waals surface area contributed by atoms with E-state index in [-0.39, 0.29) is 5.56 Å². The highest BCUT2D eigenvalue weighted by Gasteiger charge is 2.13. The summed E-state index contributed by atoms with van der Waals surface area (Å²) in [6.45, 7) is 2.27. The van der Waals surface area contributed by atoms with E-state index in [1.54, 1.807) is 6.07 Å². The van der Waals surface area contributed by atoms with Crippen LogP contribution in [0.3, 0.4) is 0 Å². The number of aromatic carboxylic acids is 1. The van der Waals surface area contributed by atoms with E-state index in [1.165, 1.54) is 83.5 Å². The first-order chi connectivity index (χ1) is 13.1. The van der Waals surface area contributed by atoms with Crippen LogP contribution < -0.4 is 5.73 Å². The molecule has 1 aromatic carbocycles. The third-order valence-electron chi connectivity index (χ3n) is 5.31. The van der Waals surface area contributed by atoms with Gasteiger partial charge in [-0.2, -0.15) is 0 Å². The lowest BCUT2D eigenvalue weighted by molar-refractivity contribution is 0.0698. The first-order valence-electron chi connectivity index (χ1n) is 10.9. The molecule has 0 heterocycles.